The van der Waals surface area contributed by atoms with E-state index in [1.807, 2.05) is 72.8 Å². The summed E-state index contributed by atoms with van der Waals surface area (Å²) in [4.78, 5) is 14.3. The van der Waals surface area contributed by atoms with E-state index in [-0.39, 0.29) is 5.78 Å². The molecule has 0 fully saturated rings. The lowest BCUT2D eigenvalue weighted by atomic mass is 9.99. The maximum absolute atomic E-state index is 14.3. The molecule has 6 rings (SSSR count). The van der Waals surface area contributed by atoms with E-state index in [1.54, 1.807) is 17.6 Å². The van der Waals surface area contributed by atoms with Crippen molar-refractivity contribution in [2.75, 3.05) is 0 Å². The van der Waals surface area contributed by atoms with Crippen molar-refractivity contribution in [3.05, 3.63) is 143 Å². The van der Waals surface area contributed by atoms with E-state index in [9.17, 15) is 4.79 Å². The first-order chi connectivity index (χ1) is 16.8. The van der Waals surface area contributed by atoms with E-state index in [4.69, 9.17) is 4.42 Å². The Kier molecular flexibility index (Phi) is 5.30. The van der Waals surface area contributed by atoms with Crippen molar-refractivity contribution in [3.8, 4) is 0 Å². The summed E-state index contributed by atoms with van der Waals surface area (Å²) in [6.07, 6.45) is 3.89. The minimum Gasteiger partial charge on any atom is -0.463 e. The summed E-state index contributed by atoms with van der Waals surface area (Å²) in [6, 6.07) is 34.5. The molecule has 0 unspecified atom stereocenters. The number of Topliss-reactive ketones (excluding diaryl/α,β-unsaturated/α-hetero) is 1. The predicted molar refractivity (Wildman–Crippen MR) is 145 cm³/mol. The highest BCUT2D eigenvalue weighted by atomic mass is 32.1. The van der Waals surface area contributed by atoms with Crippen LogP contribution in [0, 0.1) is 0 Å². The van der Waals surface area contributed by atoms with Gasteiger partial charge in [0.25, 0.3) is 0 Å². The number of fused-ring (bicyclic) bond motifs is 1. The fourth-order valence-corrected chi connectivity index (χ4v) is 9.73. The van der Waals surface area contributed by atoms with E-state index in [0.29, 0.717) is 5.56 Å². The van der Waals surface area contributed by atoms with Gasteiger partial charge in [0.15, 0.2) is 5.78 Å². The van der Waals surface area contributed by atoms with Gasteiger partial charge in [-0.1, -0.05) is 91.0 Å². The van der Waals surface area contributed by atoms with E-state index < -0.39 is 6.89 Å². The summed E-state index contributed by atoms with van der Waals surface area (Å²) in [6.45, 7) is -2.58. The third-order valence-corrected chi connectivity index (χ3v) is 11.1. The minimum absolute atomic E-state index is 0.0384. The molecule has 164 valence electrons. The van der Waals surface area contributed by atoms with Crippen LogP contribution in [0.1, 0.15) is 21.5 Å². The Morgan fingerprint density at radius 2 is 1.35 bits per heavy atom. The van der Waals surface area contributed by atoms with Crippen LogP contribution >= 0.6 is 18.2 Å². The molecule has 0 aliphatic carbocycles. The molecule has 2 aromatic heterocycles. The molecule has 3 aromatic carbocycles. The van der Waals surface area contributed by atoms with Gasteiger partial charge in [-0.2, -0.15) is 11.3 Å². The number of carbonyl (C=O) groups is 1. The van der Waals surface area contributed by atoms with E-state index in [2.05, 4.69) is 47.2 Å². The van der Waals surface area contributed by atoms with Gasteiger partial charge in [0.05, 0.1) is 6.26 Å². The van der Waals surface area contributed by atoms with Gasteiger partial charge in [-0.15, -0.1) is 0 Å². The molecule has 0 saturated carbocycles. The summed E-state index contributed by atoms with van der Waals surface area (Å²) >= 11 is 1.65. The Morgan fingerprint density at radius 3 is 1.94 bits per heavy atom. The van der Waals surface area contributed by atoms with Crippen molar-refractivity contribution < 1.29 is 9.21 Å². The van der Waals surface area contributed by atoms with E-state index >= 15 is 0 Å². The van der Waals surface area contributed by atoms with Gasteiger partial charge < -0.3 is 4.42 Å². The predicted octanol–water partition coefficient (Wildman–Crippen LogP) is 6.14. The van der Waals surface area contributed by atoms with Crippen LogP contribution in [0.3, 0.4) is 0 Å². The van der Waals surface area contributed by atoms with Crippen molar-refractivity contribution in [1.29, 1.82) is 0 Å². The second kappa shape index (κ2) is 8.61. The minimum atomic E-state index is -2.58. The first-order valence-electron chi connectivity index (χ1n) is 11.1. The lowest BCUT2D eigenvalue weighted by Gasteiger charge is -2.33. The molecule has 0 amide bonds. The van der Waals surface area contributed by atoms with Crippen LogP contribution in [0.2, 0.25) is 0 Å². The van der Waals surface area contributed by atoms with Crippen LogP contribution < -0.4 is 16.1 Å². The summed E-state index contributed by atoms with van der Waals surface area (Å²) in [5.74, 6) is 0.0384. The fraction of sp³-hybridized carbons (Fsp3) is 0. The van der Waals surface area contributed by atoms with Crippen LogP contribution in [0.25, 0.3) is 5.57 Å². The molecule has 0 bridgehead atoms. The monoisotopic (exact) mass is 476 g/mol. The van der Waals surface area contributed by atoms with Crippen LogP contribution in [0.5, 0.6) is 0 Å². The highest BCUT2D eigenvalue weighted by Gasteiger charge is 2.40. The molecule has 0 N–H and O–H groups in total. The molecule has 0 spiro atoms. The number of ketones is 1. The molecular formula is C30H21O2PS. The first kappa shape index (κ1) is 20.9. The Morgan fingerprint density at radius 1 is 0.735 bits per heavy atom. The van der Waals surface area contributed by atoms with Crippen LogP contribution in [-0.2, 0) is 0 Å². The van der Waals surface area contributed by atoms with Crippen molar-refractivity contribution in [3.63, 3.8) is 0 Å². The zero-order valence-corrected chi connectivity index (χ0v) is 20.0. The first-order valence-corrected chi connectivity index (χ1v) is 13.8. The van der Waals surface area contributed by atoms with E-state index in [0.717, 1.165) is 38.1 Å². The average molecular weight is 477 g/mol. The van der Waals surface area contributed by atoms with Crippen molar-refractivity contribution in [2.24, 2.45) is 0 Å². The van der Waals surface area contributed by atoms with Gasteiger partial charge in [0.1, 0.15) is 5.50 Å². The third kappa shape index (κ3) is 3.20. The summed E-state index contributed by atoms with van der Waals surface area (Å²) in [7, 11) is 0. The molecule has 3 heterocycles. The number of benzene rings is 3. The molecule has 0 atom stereocenters. The number of hydrogen-bond acceptors (Lipinski definition) is 3. The van der Waals surface area contributed by atoms with Gasteiger partial charge in [-0.25, -0.2) is 0 Å². The maximum atomic E-state index is 14.3. The topological polar surface area (TPSA) is 30.2 Å². The number of thiophene rings is 1. The summed E-state index contributed by atoms with van der Waals surface area (Å²) in [5, 5.41) is 7.21. The van der Waals surface area contributed by atoms with Crippen molar-refractivity contribution in [2.45, 2.75) is 0 Å². The Bertz CT molecular complexity index is 1500. The molecule has 1 aliphatic rings. The quantitative estimate of drug-likeness (QED) is 0.225. The molecule has 2 nitrogen and oxygen atoms in total. The van der Waals surface area contributed by atoms with Gasteiger partial charge in [0.2, 0.25) is 0 Å². The van der Waals surface area contributed by atoms with Crippen LogP contribution in [0.4, 0.5) is 0 Å². The van der Waals surface area contributed by atoms with Gasteiger partial charge in [-0.3, -0.25) is 4.79 Å². The lowest BCUT2D eigenvalue weighted by Crippen LogP contribution is -2.35. The normalized spacial score (nSPS) is 14.4. The van der Waals surface area contributed by atoms with Crippen LogP contribution in [0.15, 0.2) is 131 Å². The largest absolute Gasteiger partial charge is 0.463 e. The number of rotatable bonds is 5. The summed E-state index contributed by atoms with van der Waals surface area (Å²) < 4.78 is 6.36. The Labute approximate surface area is 202 Å². The molecule has 0 saturated heterocycles. The van der Waals surface area contributed by atoms with Crippen LogP contribution in [-0.4, -0.2) is 11.1 Å². The third-order valence-electron chi connectivity index (χ3n) is 6.27. The van der Waals surface area contributed by atoms with Gasteiger partial charge in [0, 0.05) is 23.3 Å². The SMILES string of the molecule is O=C(C1=P(c2ccccc2)(c2ccccc2)c2occc2C(c2ccsc2)=C1)c1ccccc1. The Balaban J connectivity index is 1.82. The molecule has 1 aliphatic heterocycles. The van der Waals surface area contributed by atoms with Crippen molar-refractivity contribution in [1.82, 2.24) is 0 Å². The van der Waals surface area contributed by atoms with Gasteiger partial charge in [-0.05, 0) is 50.7 Å². The maximum Gasteiger partial charge on any atom is 0.194 e. The number of furan rings is 1. The highest BCUT2D eigenvalue weighted by Crippen LogP contribution is 2.52. The Hall–Kier alpha value is -3.65. The highest BCUT2D eigenvalue weighted by molar-refractivity contribution is 7.96. The molecule has 0 radical (unpaired) electrons. The van der Waals surface area contributed by atoms with Crippen molar-refractivity contribution >= 4 is 51.0 Å². The molecule has 5 aromatic rings. The molecule has 34 heavy (non-hydrogen) atoms. The second-order valence-electron chi connectivity index (χ2n) is 8.13. The lowest BCUT2D eigenvalue weighted by molar-refractivity contribution is 0.106. The number of carbonyl (C=O) groups excluding carboxylic acids is 1. The second-order valence-corrected chi connectivity index (χ2v) is 12.2. The smallest absolute Gasteiger partial charge is 0.194 e. The van der Waals surface area contributed by atoms with Gasteiger partial charge >= 0.3 is 0 Å². The fourth-order valence-electron chi connectivity index (χ4n) is 4.76. The molecular weight excluding hydrogens is 455 g/mol. The zero-order valence-electron chi connectivity index (χ0n) is 18.3. The average Bonchev–Trinajstić information content (AvgIpc) is 3.62. The number of hydrogen-bond donors (Lipinski definition) is 0. The summed E-state index contributed by atoms with van der Waals surface area (Å²) in [5.41, 5.74) is 4.76. The standard InChI is InChI=1S/C30H21O2PS/c31-29(22-10-4-1-5-11-22)28-20-27(23-17-19-34-21-23)26-16-18-32-30(26)33(28,24-12-6-2-7-13-24)25-14-8-3-9-15-25/h1-21H. The van der Waals surface area contributed by atoms with E-state index in [1.165, 1.54) is 0 Å². The zero-order chi connectivity index (χ0) is 23.0. The molecule has 4 heteroatoms. The number of allylic oxidation sites excluding steroid dienone is 1.